The number of carbonyl (C=O) groups excluding carboxylic acids is 2. The molecule has 2 N–H and O–H groups in total. The molecule has 0 aromatic carbocycles. The Balaban J connectivity index is 2.16. The van der Waals surface area contributed by atoms with E-state index in [4.69, 9.17) is 4.74 Å². The van der Waals surface area contributed by atoms with Crippen molar-refractivity contribution >= 4 is 29.6 Å². The van der Waals surface area contributed by atoms with Crippen molar-refractivity contribution in [2.24, 2.45) is 0 Å². The van der Waals surface area contributed by atoms with E-state index in [-0.39, 0.29) is 5.91 Å². The molecule has 1 rings (SSSR count). The van der Waals surface area contributed by atoms with Gasteiger partial charge in [-0.1, -0.05) is 6.07 Å². The average Bonchev–Trinajstić information content (AvgIpc) is 2.39. The van der Waals surface area contributed by atoms with Crippen LogP contribution in [-0.2, 0) is 9.53 Å². The molecule has 0 bridgehead atoms. The molecule has 1 heterocycles. The largest absolute Gasteiger partial charge is 0.444 e. The summed E-state index contributed by atoms with van der Waals surface area (Å²) >= 11 is 1.44. The second-order valence-corrected chi connectivity index (χ2v) is 6.80. The maximum absolute atomic E-state index is 11.8. The summed E-state index contributed by atoms with van der Waals surface area (Å²) in [5.41, 5.74) is 0.421. The van der Waals surface area contributed by atoms with E-state index in [0.717, 1.165) is 5.56 Å². The molecule has 1 aromatic rings. The number of carbonyl (C=O) groups is 2. The average molecular weight is 325 g/mol. The fourth-order valence-corrected chi connectivity index (χ4v) is 2.14. The van der Waals surface area contributed by atoms with Gasteiger partial charge in [0.1, 0.15) is 11.4 Å². The van der Waals surface area contributed by atoms with Crippen LogP contribution >= 0.6 is 11.8 Å². The zero-order valence-corrected chi connectivity index (χ0v) is 14.3. The molecule has 7 heteroatoms. The van der Waals surface area contributed by atoms with Gasteiger partial charge >= 0.3 is 6.09 Å². The predicted molar refractivity (Wildman–Crippen MR) is 89.2 cm³/mol. The van der Waals surface area contributed by atoms with E-state index in [0.29, 0.717) is 23.9 Å². The number of pyridine rings is 1. The summed E-state index contributed by atoms with van der Waals surface area (Å²) in [5, 5.41) is 5.40. The second kappa shape index (κ2) is 8.63. The molecule has 0 aliphatic rings. The summed E-state index contributed by atoms with van der Waals surface area (Å²) in [7, 11) is 0. The van der Waals surface area contributed by atoms with Gasteiger partial charge in [0, 0.05) is 18.5 Å². The standard InChI is InChI=1S/C15H23N3O3S/c1-11-6-5-7-16-13(11)18-12(19)10-22-9-8-17-14(20)21-15(2,3)4/h5-7H,8-10H2,1-4H3,(H,17,20)(H,16,18,19). The number of nitrogens with zero attached hydrogens (tertiary/aromatic N) is 1. The van der Waals surface area contributed by atoms with Crippen LogP contribution < -0.4 is 10.6 Å². The molecule has 0 fully saturated rings. The molecular formula is C15H23N3O3S. The van der Waals surface area contributed by atoms with Crippen LogP contribution in [0.4, 0.5) is 10.6 Å². The van der Waals surface area contributed by atoms with Gasteiger partial charge in [0.2, 0.25) is 5.91 Å². The summed E-state index contributed by atoms with van der Waals surface area (Å²) in [6, 6.07) is 3.71. The first kappa shape index (κ1) is 18.3. The first-order chi connectivity index (χ1) is 10.3. The van der Waals surface area contributed by atoms with Crippen LogP contribution in [0.15, 0.2) is 18.3 Å². The minimum Gasteiger partial charge on any atom is -0.444 e. The summed E-state index contributed by atoms with van der Waals surface area (Å²) in [4.78, 5) is 27.3. The van der Waals surface area contributed by atoms with Gasteiger partial charge < -0.3 is 15.4 Å². The lowest BCUT2D eigenvalue weighted by Crippen LogP contribution is -2.33. The number of amides is 2. The van der Waals surface area contributed by atoms with Crippen molar-refractivity contribution in [2.45, 2.75) is 33.3 Å². The first-order valence-corrected chi connectivity index (χ1v) is 8.19. The number of alkyl carbamates (subject to hydrolysis) is 1. The Morgan fingerprint density at radius 2 is 2.09 bits per heavy atom. The van der Waals surface area contributed by atoms with Crippen molar-refractivity contribution in [3.05, 3.63) is 23.9 Å². The van der Waals surface area contributed by atoms with Gasteiger partial charge in [-0.3, -0.25) is 4.79 Å². The molecule has 1 aromatic heterocycles. The van der Waals surface area contributed by atoms with Crippen LogP contribution in [0.2, 0.25) is 0 Å². The van der Waals surface area contributed by atoms with Crippen LogP contribution in [0.25, 0.3) is 0 Å². The van der Waals surface area contributed by atoms with Crippen LogP contribution in [0, 0.1) is 6.92 Å². The molecule has 0 radical (unpaired) electrons. The molecule has 0 unspecified atom stereocenters. The van der Waals surface area contributed by atoms with Crippen LogP contribution in [-0.4, -0.2) is 40.6 Å². The van der Waals surface area contributed by atoms with Crippen molar-refractivity contribution in [1.82, 2.24) is 10.3 Å². The quantitative estimate of drug-likeness (QED) is 0.786. The van der Waals surface area contributed by atoms with Crippen LogP contribution in [0.1, 0.15) is 26.3 Å². The Morgan fingerprint density at radius 3 is 2.73 bits per heavy atom. The van der Waals surface area contributed by atoms with Crippen molar-refractivity contribution in [3.63, 3.8) is 0 Å². The van der Waals surface area contributed by atoms with Gasteiger partial charge in [-0.05, 0) is 39.3 Å². The van der Waals surface area contributed by atoms with Crippen molar-refractivity contribution < 1.29 is 14.3 Å². The smallest absolute Gasteiger partial charge is 0.407 e. The second-order valence-electron chi connectivity index (χ2n) is 5.70. The number of ether oxygens (including phenoxy) is 1. The molecule has 122 valence electrons. The number of hydrogen-bond donors (Lipinski definition) is 2. The van der Waals surface area contributed by atoms with Crippen molar-refractivity contribution in [2.75, 3.05) is 23.4 Å². The van der Waals surface area contributed by atoms with Gasteiger partial charge in [0.15, 0.2) is 0 Å². The summed E-state index contributed by atoms with van der Waals surface area (Å²) in [6.07, 6.45) is 1.20. The van der Waals surface area contributed by atoms with Gasteiger partial charge in [-0.25, -0.2) is 9.78 Å². The monoisotopic (exact) mass is 325 g/mol. The van der Waals surface area contributed by atoms with Gasteiger partial charge in [-0.2, -0.15) is 11.8 Å². The van der Waals surface area contributed by atoms with Crippen molar-refractivity contribution in [3.8, 4) is 0 Å². The Morgan fingerprint density at radius 1 is 1.36 bits per heavy atom. The molecule has 0 atom stereocenters. The van der Waals surface area contributed by atoms with E-state index in [1.54, 1.807) is 6.20 Å². The van der Waals surface area contributed by atoms with E-state index in [9.17, 15) is 9.59 Å². The van der Waals surface area contributed by atoms with Gasteiger partial charge in [-0.15, -0.1) is 0 Å². The highest BCUT2D eigenvalue weighted by Gasteiger charge is 2.15. The number of thioether (sulfide) groups is 1. The highest BCUT2D eigenvalue weighted by molar-refractivity contribution is 7.99. The molecule has 0 saturated carbocycles. The maximum Gasteiger partial charge on any atom is 0.407 e. The minimum absolute atomic E-state index is 0.107. The summed E-state index contributed by atoms with van der Waals surface area (Å²) in [5.74, 6) is 1.42. The van der Waals surface area contributed by atoms with E-state index in [1.807, 2.05) is 39.8 Å². The molecule has 2 amide bonds. The van der Waals surface area contributed by atoms with E-state index in [2.05, 4.69) is 15.6 Å². The lowest BCUT2D eigenvalue weighted by Gasteiger charge is -2.19. The lowest BCUT2D eigenvalue weighted by atomic mass is 10.2. The Hall–Kier alpha value is -1.76. The zero-order chi connectivity index (χ0) is 16.6. The highest BCUT2D eigenvalue weighted by atomic mass is 32.2. The number of anilines is 1. The van der Waals surface area contributed by atoms with E-state index < -0.39 is 11.7 Å². The van der Waals surface area contributed by atoms with E-state index in [1.165, 1.54) is 11.8 Å². The Bertz CT molecular complexity index is 515. The first-order valence-electron chi connectivity index (χ1n) is 7.04. The summed E-state index contributed by atoms with van der Waals surface area (Å²) in [6.45, 7) is 7.78. The molecule has 0 saturated heterocycles. The third kappa shape index (κ3) is 7.87. The maximum atomic E-state index is 11.8. The third-order valence-corrected chi connectivity index (χ3v) is 3.37. The van der Waals surface area contributed by atoms with Crippen LogP contribution in [0.5, 0.6) is 0 Å². The number of rotatable bonds is 6. The molecule has 22 heavy (non-hydrogen) atoms. The Labute approximate surface area is 135 Å². The number of nitrogens with one attached hydrogen (secondary N) is 2. The fraction of sp³-hybridized carbons (Fsp3) is 0.533. The Kier molecular flexibility index (Phi) is 7.17. The number of hydrogen-bond acceptors (Lipinski definition) is 5. The zero-order valence-electron chi connectivity index (χ0n) is 13.4. The van der Waals surface area contributed by atoms with E-state index >= 15 is 0 Å². The van der Waals surface area contributed by atoms with Crippen LogP contribution in [0.3, 0.4) is 0 Å². The lowest BCUT2D eigenvalue weighted by molar-refractivity contribution is -0.113. The van der Waals surface area contributed by atoms with Gasteiger partial charge in [0.05, 0.1) is 5.75 Å². The topological polar surface area (TPSA) is 80.3 Å². The molecule has 0 aliphatic carbocycles. The molecule has 6 nitrogen and oxygen atoms in total. The number of aromatic nitrogens is 1. The summed E-state index contributed by atoms with van der Waals surface area (Å²) < 4.78 is 5.11. The normalized spacial score (nSPS) is 10.9. The molecule has 0 spiro atoms. The predicted octanol–water partition coefficient (Wildman–Crippen LogP) is 2.59. The van der Waals surface area contributed by atoms with Crippen molar-refractivity contribution in [1.29, 1.82) is 0 Å². The highest BCUT2D eigenvalue weighted by Crippen LogP contribution is 2.10. The fourth-order valence-electron chi connectivity index (χ4n) is 1.49. The number of aryl methyl sites for hydroxylation is 1. The molecule has 0 aliphatic heterocycles. The minimum atomic E-state index is -0.502. The van der Waals surface area contributed by atoms with Gasteiger partial charge in [0.25, 0.3) is 0 Å². The third-order valence-electron chi connectivity index (χ3n) is 2.42. The molecular weight excluding hydrogens is 302 g/mol. The SMILES string of the molecule is Cc1cccnc1NC(=O)CSCCNC(=O)OC(C)(C)C.